The molecule has 18 nitrogen and oxygen atoms in total. The Morgan fingerprint density at radius 3 is 1.89 bits per heavy atom. The van der Waals surface area contributed by atoms with Gasteiger partial charge in [-0.05, 0) is 88.6 Å². The molecule has 3 heterocycles. The highest BCUT2D eigenvalue weighted by Crippen LogP contribution is 2.42. The van der Waals surface area contributed by atoms with E-state index in [-0.39, 0.29) is 10.6 Å². The molecular weight excluding hydrogens is 1070 g/mol. The van der Waals surface area contributed by atoms with E-state index in [1.165, 1.54) is 24.3 Å². The smallest absolute Gasteiger partial charge is 0.407 e. The number of carbonyl (C=O) groups is 4. The fourth-order valence-corrected chi connectivity index (χ4v) is 8.25. The lowest BCUT2D eigenvalue weighted by Crippen LogP contribution is -2.64. The van der Waals surface area contributed by atoms with Crippen LogP contribution in [0.4, 0.5) is 65.0 Å². The van der Waals surface area contributed by atoms with Crippen molar-refractivity contribution >= 4 is 47.4 Å². The van der Waals surface area contributed by atoms with Crippen LogP contribution >= 0.6 is 0 Å². The number of aliphatic hydroxyl groups is 1. The Balaban J connectivity index is 1.51. The topological polar surface area (TPSA) is 225 Å². The number of carbonyl (C=O) groups excluding carboxylic acids is 4. The summed E-state index contributed by atoms with van der Waals surface area (Å²) in [6, 6.07) is 3.93. The van der Waals surface area contributed by atoms with Crippen LogP contribution in [0.25, 0.3) is 5.70 Å². The van der Waals surface area contributed by atoms with E-state index in [2.05, 4.69) is 46.4 Å². The first kappa shape index (κ1) is 62.5. The van der Waals surface area contributed by atoms with Gasteiger partial charge in [0.15, 0.2) is 11.6 Å². The molecule has 432 valence electrons. The van der Waals surface area contributed by atoms with E-state index in [9.17, 15) is 59.4 Å². The highest BCUT2D eigenvalue weighted by Gasteiger charge is 2.57. The molecule has 1 unspecified atom stereocenters. The van der Waals surface area contributed by atoms with Crippen LogP contribution in [-0.2, 0) is 30.2 Å². The molecule has 5 rings (SSSR count). The number of rotatable bonds is 19. The Bertz CT molecular complexity index is 2700. The lowest BCUT2D eigenvalue weighted by molar-refractivity contribution is -0.221. The summed E-state index contributed by atoms with van der Waals surface area (Å²) in [5, 5.41) is 18.0. The molecule has 4 amide bonds. The number of aliphatic hydroxyl groups excluding tert-OH is 1. The largest absolute Gasteiger partial charge is 0.453 e. The zero-order valence-corrected chi connectivity index (χ0v) is 43.6. The number of pyridine rings is 1. The number of ether oxygens (including phenoxy) is 3. The summed E-state index contributed by atoms with van der Waals surface area (Å²) < 4.78 is 159. The number of nitrogens with zero attached hydrogens (tertiary/aromatic N) is 5. The van der Waals surface area contributed by atoms with E-state index in [1.54, 1.807) is 17.6 Å². The Hall–Kier alpha value is -7.38. The minimum Gasteiger partial charge on any atom is -0.453 e. The van der Waals surface area contributed by atoms with Crippen LogP contribution in [0.5, 0.6) is 0 Å². The third kappa shape index (κ3) is 16.3. The van der Waals surface area contributed by atoms with Gasteiger partial charge in [0, 0.05) is 73.6 Å². The maximum atomic E-state index is 16.3. The zero-order chi connectivity index (χ0) is 58.6. The van der Waals surface area contributed by atoms with E-state index < -0.39 is 120 Å². The van der Waals surface area contributed by atoms with E-state index in [0.717, 1.165) is 71.9 Å². The van der Waals surface area contributed by atoms with Gasteiger partial charge in [-0.15, -0.1) is 0 Å². The summed E-state index contributed by atoms with van der Waals surface area (Å²) in [7, 11) is 1.55. The average molecular weight is 1130 g/mol. The predicted octanol–water partition coefficient (Wildman–Crippen LogP) is 5.82. The molecule has 0 radical (unpaired) electrons. The summed E-state index contributed by atoms with van der Waals surface area (Å²) in [6.07, 6.45) is -12.5. The summed E-state index contributed by atoms with van der Waals surface area (Å²) in [5.41, 5.74) is 0.239. The molecule has 2 aliphatic rings. The number of nitrogens with one attached hydrogen (secondary N) is 4. The van der Waals surface area contributed by atoms with Gasteiger partial charge >= 0.3 is 31.1 Å². The molecular formula is C51H60F10N10O8. The SMILES string of the molecule is COC(=O)NC(C(=O)N[C@@H](Cc1ccc(C#Cc2ccc(N3CCN([C@@H]4CCOC4)CC3)nc2)cc1)[C@@H](O)CN(NC(=O)[C@@H](NC(=O)OC)C(C)(C)C(F)(F)F)c1c(F)cc(C(N)=CC=NC(F)F)cc1F)C(C)(C)C(F)(F)F. The number of piperazine rings is 1. The van der Waals surface area contributed by atoms with Gasteiger partial charge < -0.3 is 45.9 Å². The lowest BCUT2D eigenvalue weighted by atomic mass is 9.82. The van der Waals surface area contributed by atoms with Crippen LogP contribution in [0.2, 0.25) is 0 Å². The first-order valence-electron chi connectivity index (χ1n) is 24.3. The predicted molar refractivity (Wildman–Crippen MR) is 268 cm³/mol. The maximum absolute atomic E-state index is 16.3. The van der Waals surface area contributed by atoms with E-state index in [1.807, 2.05) is 16.8 Å². The molecule has 2 aliphatic heterocycles. The molecule has 2 saturated heterocycles. The number of allylic oxidation sites excluding steroid dienone is 1. The summed E-state index contributed by atoms with van der Waals surface area (Å²) in [6.45, 7) is 2.36. The minimum atomic E-state index is -5.28. The van der Waals surface area contributed by atoms with Gasteiger partial charge in [0.05, 0.1) is 50.3 Å². The fourth-order valence-electron chi connectivity index (χ4n) is 8.25. The third-order valence-corrected chi connectivity index (χ3v) is 13.4. The van der Waals surface area contributed by atoms with Crippen molar-refractivity contribution in [2.75, 3.05) is 70.1 Å². The Morgan fingerprint density at radius 2 is 1.39 bits per heavy atom. The van der Waals surface area contributed by atoms with E-state index in [4.69, 9.17) is 10.5 Å². The van der Waals surface area contributed by atoms with Crippen molar-refractivity contribution in [2.45, 2.75) is 89.7 Å². The molecule has 2 aromatic carbocycles. The van der Waals surface area contributed by atoms with Gasteiger partial charge in [-0.1, -0.05) is 24.0 Å². The second-order valence-electron chi connectivity index (χ2n) is 19.4. The van der Waals surface area contributed by atoms with Crippen molar-refractivity contribution in [3.63, 3.8) is 0 Å². The number of halogens is 10. The number of nitrogens with two attached hydrogens (primary N) is 1. The molecule has 1 aromatic heterocycles. The summed E-state index contributed by atoms with van der Waals surface area (Å²) >= 11 is 0. The number of alkyl carbamates (subject to hydrolysis) is 2. The summed E-state index contributed by atoms with van der Waals surface area (Å²) in [4.78, 5) is 64.7. The number of benzene rings is 2. The van der Waals surface area contributed by atoms with Gasteiger partial charge in [0.2, 0.25) is 5.91 Å². The second kappa shape index (κ2) is 26.5. The van der Waals surface area contributed by atoms with Gasteiger partial charge in [-0.2, -0.15) is 35.1 Å². The van der Waals surface area contributed by atoms with Crippen LogP contribution in [0.3, 0.4) is 0 Å². The van der Waals surface area contributed by atoms with Crippen LogP contribution in [0.15, 0.2) is 65.8 Å². The van der Waals surface area contributed by atoms with Crippen LogP contribution in [0.1, 0.15) is 56.4 Å². The Morgan fingerprint density at radius 1 is 0.848 bits per heavy atom. The van der Waals surface area contributed by atoms with Gasteiger partial charge in [0.25, 0.3) is 5.91 Å². The van der Waals surface area contributed by atoms with E-state index in [0.29, 0.717) is 63.2 Å². The van der Waals surface area contributed by atoms with Gasteiger partial charge in [-0.25, -0.2) is 28.3 Å². The minimum absolute atomic E-state index is 0.161. The number of alkyl halides is 8. The number of hydrogen-bond donors (Lipinski definition) is 6. The van der Waals surface area contributed by atoms with Crippen molar-refractivity contribution < 1.29 is 82.4 Å². The molecule has 0 aliphatic carbocycles. The highest BCUT2D eigenvalue weighted by molar-refractivity contribution is 5.89. The Labute approximate surface area is 448 Å². The molecule has 0 spiro atoms. The molecule has 79 heavy (non-hydrogen) atoms. The number of methoxy groups -OCH3 is 2. The third-order valence-electron chi connectivity index (χ3n) is 13.4. The number of aliphatic imine (C=N–C) groups is 1. The molecule has 7 N–H and O–H groups in total. The molecule has 3 aromatic rings. The quantitative estimate of drug-likeness (QED) is 0.0274. The number of amides is 4. The molecule has 28 heteroatoms. The van der Waals surface area contributed by atoms with Crippen molar-refractivity contribution in [3.8, 4) is 11.8 Å². The van der Waals surface area contributed by atoms with E-state index >= 15 is 8.78 Å². The van der Waals surface area contributed by atoms with Crippen LogP contribution in [-0.4, -0.2) is 155 Å². The average Bonchev–Trinajstić information content (AvgIpc) is 3.94. The first-order valence-corrected chi connectivity index (χ1v) is 24.3. The number of hydrogen-bond acceptors (Lipinski definition) is 14. The van der Waals surface area contributed by atoms with Crippen molar-refractivity contribution in [3.05, 3.63) is 94.7 Å². The molecule has 2 fully saturated rings. The molecule has 0 saturated carbocycles. The zero-order valence-electron chi connectivity index (χ0n) is 43.6. The number of anilines is 2. The van der Waals surface area contributed by atoms with Crippen molar-refractivity contribution in [2.24, 2.45) is 21.6 Å². The monoisotopic (exact) mass is 1130 g/mol. The maximum Gasteiger partial charge on any atom is 0.407 e. The lowest BCUT2D eigenvalue weighted by Gasteiger charge is -2.38. The second-order valence-corrected chi connectivity index (χ2v) is 19.4. The van der Waals surface area contributed by atoms with Gasteiger partial charge in [-0.3, -0.25) is 24.9 Å². The number of aromatic nitrogens is 1. The summed E-state index contributed by atoms with van der Waals surface area (Å²) in [5.74, 6) is -0.00746. The highest BCUT2D eigenvalue weighted by atomic mass is 19.4. The Kier molecular flexibility index (Phi) is 21.0. The van der Waals surface area contributed by atoms with Crippen LogP contribution in [0, 0.1) is 34.3 Å². The van der Waals surface area contributed by atoms with Crippen LogP contribution < -0.4 is 37.0 Å². The van der Waals surface area contributed by atoms with Gasteiger partial charge in [0.1, 0.15) is 23.6 Å². The standard InChI is InChI=1S/C51H60F10N10O8/c1-48(2,50(56,57)58)41(66-46(75)77-5)43(73)65-37(23-30-10-7-29(8-11-30)9-12-31-13-14-39(64-26-31)70-20-18-69(19-21-70)33-16-22-79-28-33)38(72)27-71(68-44(74)42(67-47(76)78-6)49(3,4)51(59,60)61)40-34(52)24-32(25-35(40)53)36(62)15-17-63-45(54)55/h7-8,10-11,13-15,17,24-26,33,37-38,41-42,45,72H,16,18-23,27-28,62H2,1-6H3,(H,65,73)(H,66,75)(H,67,76)(H,68,74)/t33-,37+,38+,41?,42-/m1/s1. The molecule has 5 atom stereocenters. The number of hydrazine groups is 1. The first-order chi connectivity index (χ1) is 37.0. The normalized spacial score (nSPS) is 17.3. The van der Waals surface area contributed by atoms with Crippen molar-refractivity contribution in [1.29, 1.82) is 0 Å². The fraction of sp³-hybridized carbons (Fsp3) is 0.490. The van der Waals surface area contributed by atoms with Crippen molar-refractivity contribution in [1.82, 2.24) is 31.3 Å². The molecule has 0 bridgehead atoms.